The third-order valence-electron chi connectivity index (χ3n) is 4.75. The van der Waals surface area contributed by atoms with Crippen LogP contribution in [0.5, 0.6) is 0 Å². The molecule has 0 aliphatic carbocycles. The van der Waals surface area contributed by atoms with E-state index in [1.807, 2.05) is 48.9 Å². The number of nitrogens with zero attached hydrogens (tertiary/aromatic N) is 3. The Labute approximate surface area is 170 Å². The molecule has 1 aromatic carbocycles. The van der Waals surface area contributed by atoms with Gasteiger partial charge in [0.05, 0.1) is 11.4 Å². The summed E-state index contributed by atoms with van der Waals surface area (Å²) in [7, 11) is -3.42. The van der Waals surface area contributed by atoms with E-state index >= 15 is 0 Å². The maximum absolute atomic E-state index is 12.6. The highest BCUT2D eigenvalue weighted by Crippen LogP contribution is 2.13. The van der Waals surface area contributed by atoms with Crippen LogP contribution in [-0.2, 0) is 16.6 Å². The molecule has 28 heavy (non-hydrogen) atoms. The van der Waals surface area contributed by atoms with Crippen LogP contribution in [0.1, 0.15) is 56.5 Å². The lowest BCUT2D eigenvalue weighted by Gasteiger charge is -2.22. The normalized spacial score (nSPS) is 12.0. The molecule has 0 radical (unpaired) electrons. The summed E-state index contributed by atoms with van der Waals surface area (Å²) in [5.74, 6) is 0. The monoisotopic (exact) mass is 406 g/mol. The number of aromatic nitrogens is 2. The molecule has 7 heteroatoms. The molecule has 2 rings (SSSR count). The molecule has 0 bridgehead atoms. The Bertz CT molecular complexity index is 821. The Balaban J connectivity index is 1.93. The van der Waals surface area contributed by atoms with Crippen LogP contribution in [0.3, 0.4) is 0 Å². The maximum Gasteiger partial charge on any atom is 0.279 e. The molecule has 0 saturated carbocycles. The van der Waals surface area contributed by atoms with Crippen molar-refractivity contribution in [3.05, 3.63) is 47.3 Å². The van der Waals surface area contributed by atoms with E-state index in [2.05, 4.69) is 23.7 Å². The van der Waals surface area contributed by atoms with Gasteiger partial charge in [0, 0.05) is 25.3 Å². The summed E-state index contributed by atoms with van der Waals surface area (Å²) >= 11 is 0. The summed E-state index contributed by atoms with van der Waals surface area (Å²) in [6, 6.07) is 10.2. The molecule has 0 unspecified atom stereocenters. The highest BCUT2D eigenvalue weighted by Gasteiger charge is 2.20. The van der Waals surface area contributed by atoms with Gasteiger partial charge in [0.1, 0.15) is 0 Å². The summed E-state index contributed by atoms with van der Waals surface area (Å²) in [4.78, 5) is 0. The van der Waals surface area contributed by atoms with E-state index in [9.17, 15) is 8.42 Å². The smallest absolute Gasteiger partial charge is 0.238 e. The van der Waals surface area contributed by atoms with E-state index < -0.39 is 10.2 Å². The lowest BCUT2D eigenvalue weighted by molar-refractivity contribution is 0.388. The van der Waals surface area contributed by atoms with Gasteiger partial charge in [-0.25, -0.2) is 9.40 Å². The highest BCUT2D eigenvalue weighted by molar-refractivity contribution is 7.87. The minimum Gasteiger partial charge on any atom is -0.238 e. The molecule has 0 fully saturated rings. The van der Waals surface area contributed by atoms with E-state index in [0.717, 1.165) is 48.3 Å². The SMILES string of the molecule is CCCCN(CCCC)S(=O)(=O)NCCc1ccc(-n2nc(C)cc2C)cc1. The lowest BCUT2D eigenvalue weighted by atomic mass is 10.1. The molecular weight excluding hydrogens is 372 g/mol. The van der Waals surface area contributed by atoms with Crippen molar-refractivity contribution in [2.45, 2.75) is 59.8 Å². The van der Waals surface area contributed by atoms with Gasteiger partial charge >= 0.3 is 0 Å². The summed E-state index contributed by atoms with van der Waals surface area (Å²) in [6.07, 6.45) is 4.41. The minimum absolute atomic E-state index is 0.399. The number of hydrogen-bond acceptors (Lipinski definition) is 3. The van der Waals surface area contributed by atoms with Gasteiger partial charge in [0.2, 0.25) is 0 Å². The third kappa shape index (κ3) is 6.43. The molecule has 0 aliphatic heterocycles. The van der Waals surface area contributed by atoms with Gasteiger partial charge < -0.3 is 0 Å². The highest BCUT2D eigenvalue weighted by atomic mass is 32.2. The van der Waals surface area contributed by atoms with Crippen molar-refractivity contribution in [3.63, 3.8) is 0 Å². The van der Waals surface area contributed by atoms with E-state index in [-0.39, 0.29) is 0 Å². The van der Waals surface area contributed by atoms with Gasteiger partial charge in [0.15, 0.2) is 0 Å². The summed E-state index contributed by atoms with van der Waals surface area (Å²) < 4.78 is 31.5. The van der Waals surface area contributed by atoms with Gasteiger partial charge in [-0.2, -0.15) is 17.8 Å². The van der Waals surface area contributed by atoms with Crippen molar-refractivity contribution in [2.24, 2.45) is 0 Å². The topological polar surface area (TPSA) is 67.2 Å². The molecule has 1 heterocycles. The maximum atomic E-state index is 12.6. The average Bonchev–Trinajstić information content (AvgIpc) is 3.00. The van der Waals surface area contributed by atoms with Crippen molar-refractivity contribution in [1.29, 1.82) is 0 Å². The zero-order valence-corrected chi connectivity index (χ0v) is 18.4. The number of benzene rings is 1. The number of rotatable bonds is 12. The van der Waals surface area contributed by atoms with Crippen molar-refractivity contribution >= 4 is 10.2 Å². The first-order valence-electron chi connectivity index (χ1n) is 10.2. The first-order valence-corrected chi connectivity index (χ1v) is 11.7. The van der Waals surface area contributed by atoms with E-state index in [1.54, 1.807) is 4.31 Å². The summed E-state index contributed by atoms with van der Waals surface area (Å²) in [5.41, 5.74) is 4.20. The molecule has 0 saturated heterocycles. The van der Waals surface area contributed by atoms with E-state index in [0.29, 0.717) is 26.1 Å². The quantitative estimate of drug-likeness (QED) is 0.583. The number of aryl methyl sites for hydroxylation is 2. The molecular formula is C21H34N4O2S. The zero-order valence-electron chi connectivity index (χ0n) is 17.6. The summed E-state index contributed by atoms with van der Waals surface area (Å²) in [6.45, 7) is 9.74. The molecule has 1 aromatic heterocycles. The van der Waals surface area contributed by atoms with Gasteiger partial charge in [-0.1, -0.05) is 38.8 Å². The Morgan fingerprint density at radius 3 is 2.14 bits per heavy atom. The van der Waals surface area contributed by atoms with Gasteiger partial charge in [-0.15, -0.1) is 0 Å². The van der Waals surface area contributed by atoms with Crippen LogP contribution in [0, 0.1) is 13.8 Å². The fraction of sp³-hybridized carbons (Fsp3) is 0.571. The molecule has 0 amide bonds. The second-order valence-corrected chi connectivity index (χ2v) is 9.02. The Morgan fingerprint density at radius 1 is 1.04 bits per heavy atom. The minimum atomic E-state index is -3.42. The van der Waals surface area contributed by atoms with E-state index in [4.69, 9.17) is 0 Å². The first-order chi connectivity index (χ1) is 13.4. The second-order valence-electron chi connectivity index (χ2n) is 7.26. The lowest BCUT2D eigenvalue weighted by Crippen LogP contribution is -2.42. The van der Waals surface area contributed by atoms with Crippen molar-refractivity contribution < 1.29 is 8.42 Å². The average molecular weight is 407 g/mol. The van der Waals surface area contributed by atoms with Crippen LogP contribution >= 0.6 is 0 Å². The Kier molecular flexibility index (Phi) is 8.66. The van der Waals surface area contributed by atoms with Crippen LogP contribution in [0.15, 0.2) is 30.3 Å². The third-order valence-corrected chi connectivity index (χ3v) is 6.36. The number of hydrogen-bond donors (Lipinski definition) is 1. The molecule has 6 nitrogen and oxygen atoms in total. The Hall–Kier alpha value is -1.70. The van der Waals surface area contributed by atoms with Crippen molar-refractivity contribution in [1.82, 2.24) is 18.8 Å². The molecule has 156 valence electrons. The van der Waals surface area contributed by atoms with Gasteiger partial charge in [-0.05, 0) is 56.9 Å². The van der Waals surface area contributed by atoms with Gasteiger partial charge in [0.25, 0.3) is 10.2 Å². The molecule has 1 N–H and O–H groups in total. The first kappa shape index (κ1) is 22.6. The second kappa shape index (κ2) is 10.7. The van der Waals surface area contributed by atoms with Gasteiger partial charge in [-0.3, -0.25) is 0 Å². The van der Waals surface area contributed by atoms with E-state index in [1.165, 1.54) is 0 Å². The molecule has 0 atom stereocenters. The zero-order chi connectivity index (χ0) is 20.6. The predicted molar refractivity (Wildman–Crippen MR) is 115 cm³/mol. The van der Waals surface area contributed by atoms with Crippen LogP contribution in [-0.4, -0.2) is 42.1 Å². The van der Waals surface area contributed by atoms with Crippen LogP contribution in [0.2, 0.25) is 0 Å². The molecule has 0 spiro atoms. The Morgan fingerprint density at radius 2 is 1.64 bits per heavy atom. The standard InChI is InChI=1S/C21H34N4O2S/c1-5-7-15-24(16-8-6-2)28(26,27)22-14-13-20-9-11-21(12-10-20)25-19(4)17-18(3)23-25/h9-12,17,22H,5-8,13-16H2,1-4H3. The van der Waals surface area contributed by atoms with Crippen LogP contribution in [0.4, 0.5) is 0 Å². The number of nitrogens with one attached hydrogen (secondary N) is 1. The largest absolute Gasteiger partial charge is 0.279 e. The summed E-state index contributed by atoms with van der Waals surface area (Å²) in [5, 5.41) is 4.49. The fourth-order valence-corrected chi connectivity index (χ4v) is 4.41. The fourth-order valence-electron chi connectivity index (χ4n) is 3.13. The van der Waals surface area contributed by atoms with Crippen LogP contribution < -0.4 is 4.72 Å². The molecule has 2 aromatic rings. The van der Waals surface area contributed by atoms with Crippen LogP contribution in [0.25, 0.3) is 5.69 Å². The predicted octanol–water partition coefficient (Wildman–Crippen LogP) is 3.77. The number of unbranched alkanes of at least 4 members (excludes halogenated alkanes) is 2. The molecule has 0 aliphatic rings. The van der Waals surface area contributed by atoms with Crippen molar-refractivity contribution in [3.8, 4) is 5.69 Å². The van der Waals surface area contributed by atoms with Crippen molar-refractivity contribution in [2.75, 3.05) is 19.6 Å².